The maximum atomic E-state index is 4.45. The topological polar surface area (TPSA) is 45.5 Å². The van der Waals surface area contributed by atoms with Crippen LogP contribution in [0, 0.1) is 5.92 Å². The zero-order chi connectivity index (χ0) is 16.8. The van der Waals surface area contributed by atoms with Crippen molar-refractivity contribution in [2.75, 3.05) is 20.1 Å². The van der Waals surface area contributed by atoms with Gasteiger partial charge in [-0.05, 0) is 36.8 Å². The molecule has 0 atom stereocenters. The molecular formula is C19H28IN5. The molecule has 136 valence electrons. The number of aryl methyl sites for hydroxylation is 1. The number of hydrogen-bond acceptors (Lipinski definition) is 2. The zero-order valence-corrected chi connectivity index (χ0v) is 17.4. The number of aromatic nitrogens is 2. The molecule has 0 aliphatic carbocycles. The third kappa shape index (κ3) is 5.45. The van der Waals surface area contributed by atoms with Gasteiger partial charge in [0.2, 0.25) is 0 Å². The SMILES string of the molecule is CN=C(NCc1ccnn1C)N1CCC(Cc2ccccc2)CC1.I. The molecule has 3 rings (SSSR count). The third-order valence-corrected chi connectivity index (χ3v) is 4.84. The molecule has 1 aliphatic rings. The third-order valence-electron chi connectivity index (χ3n) is 4.84. The first-order valence-electron chi connectivity index (χ1n) is 8.72. The summed E-state index contributed by atoms with van der Waals surface area (Å²) in [7, 11) is 3.83. The van der Waals surface area contributed by atoms with E-state index in [-0.39, 0.29) is 24.0 Å². The van der Waals surface area contributed by atoms with Gasteiger partial charge < -0.3 is 10.2 Å². The number of piperidine rings is 1. The van der Waals surface area contributed by atoms with Gasteiger partial charge in [0.1, 0.15) is 0 Å². The summed E-state index contributed by atoms with van der Waals surface area (Å²) in [5.41, 5.74) is 2.62. The van der Waals surface area contributed by atoms with E-state index in [0.29, 0.717) is 0 Å². The summed E-state index contributed by atoms with van der Waals surface area (Å²) in [5.74, 6) is 1.77. The average molecular weight is 453 g/mol. The van der Waals surface area contributed by atoms with E-state index in [0.717, 1.165) is 37.2 Å². The first-order valence-corrected chi connectivity index (χ1v) is 8.72. The standard InChI is InChI=1S/C19H27N5.HI/c1-20-19(21-15-18-8-11-22-23(18)2)24-12-9-17(10-13-24)14-16-6-4-3-5-7-16;/h3-8,11,17H,9-10,12-15H2,1-2H3,(H,20,21);1H. The number of guanidine groups is 1. The molecule has 2 aromatic rings. The van der Waals surface area contributed by atoms with Crippen molar-refractivity contribution in [2.24, 2.45) is 18.0 Å². The second-order valence-electron chi connectivity index (χ2n) is 6.47. The summed E-state index contributed by atoms with van der Waals surface area (Å²) in [6.07, 6.45) is 5.47. The van der Waals surface area contributed by atoms with Crippen LogP contribution in [0.3, 0.4) is 0 Å². The molecule has 25 heavy (non-hydrogen) atoms. The highest BCUT2D eigenvalue weighted by atomic mass is 127. The van der Waals surface area contributed by atoms with E-state index in [1.165, 1.54) is 24.8 Å². The van der Waals surface area contributed by atoms with Crippen molar-refractivity contribution in [1.29, 1.82) is 0 Å². The molecule has 0 unspecified atom stereocenters. The Morgan fingerprint density at radius 1 is 1.20 bits per heavy atom. The maximum absolute atomic E-state index is 4.45. The van der Waals surface area contributed by atoms with E-state index in [2.05, 4.69) is 50.6 Å². The normalized spacial score (nSPS) is 15.8. The minimum Gasteiger partial charge on any atom is -0.351 e. The Balaban J connectivity index is 0.00000225. The number of nitrogens with zero attached hydrogens (tertiary/aromatic N) is 4. The van der Waals surface area contributed by atoms with Crippen LogP contribution in [0.15, 0.2) is 47.6 Å². The van der Waals surface area contributed by atoms with Crippen LogP contribution in [0.4, 0.5) is 0 Å². The molecule has 1 saturated heterocycles. The lowest BCUT2D eigenvalue weighted by Gasteiger charge is -2.34. The first-order chi connectivity index (χ1) is 11.8. The van der Waals surface area contributed by atoms with E-state index in [1.54, 1.807) is 0 Å². The Bertz CT molecular complexity index is 659. The predicted octanol–water partition coefficient (Wildman–Crippen LogP) is 3.07. The van der Waals surface area contributed by atoms with Gasteiger partial charge >= 0.3 is 0 Å². The van der Waals surface area contributed by atoms with Crippen LogP contribution < -0.4 is 5.32 Å². The van der Waals surface area contributed by atoms with Crippen molar-refractivity contribution in [1.82, 2.24) is 20.0 Å². The number of nitrogens with one attached hydrogen (secondary N) is 1. The lowest BCUT2D eigenvalue weighted by molar-refractivity contribution is 0.259. The van der Waals surface area contributed by atoms with Crippen LogP contribution in [0.2, 0.25) is 0 Å². The summed E-state index contributed by atoms with van der Waals surface area (Å²) >= 11 is 0. The second-order valence-corrected chi connectivity index (χ2v) is 6.47. The average Bonchev–Trinajstić information content (AvgIpc) is 3.03. The highest BCUT2D eigenvalue weighted by Crippen LogP contribution is 2.21. The van der Waals surface area contributed by atoms with E-state index in [4.69, 9.17) is 0 Å². The predicted molar refractivity (Wildman–Crippen MR) is 113 cm³/mol. The van der Waals surface area contributed by atoms with Crippen molar-refractivity contribution in [3.63, 3.8) is 0 Å². The van der Waals surface area contributed by atoms with Gasteiger partial charge in [-0.25, -0.2) is 0 Å². The fourth-order valence-corrected chi connectivity index (χ4v) is 3.37. The lowest BCUT2D eigenvalue weighted by Crippen LogP contribution is -2.45. The highest BCUT2D eigenvalue weighted by molar-refractivity contribution is 14.0. The van der Waals surface area contributed by atoms with Crippen LogP contribution in [0.1, 0.15) is 24.1 Å². The Hall–Kier alpha value is -1.57. The molecule has 2 heterocycles. The van der Waals surface area contributed by atoms with E-state index in [1.807, 2.05) is 31.0 Å². The van der Waals surface area contributed by atoms with Gasteiger partial charge in [0.05, 0.1) is 12.2 Å². The van der Waals surface area contributed by atoms with Gasteiger partial charge in [-0.3, -0.25) is 9.67 Å². The van der Waals surface area contributed by atoms with Crippen molar-refractivity contribution < 1.29 is 0 Å². The van der Waals surface area contributed by atoms with Crippen LogP contribution in [0.25, 0.3) is 0 Å². The second kappa shape index (κ2) is 9.79. The summed E-state index contributed by atoms with van der Waals surface area (Å²) < 4.78 is 1.90. The van der Waals surface area contributed by atoms with E-state index in [9.17, 15) is 0 Å². The highest BCUT2D eigenvalue weighted by Gasteiger charge is 2.21. The fourth-order valence-electron chi connectivity index (χ4n) is 3.37. The molecule has 1 fully saturated rings. The molecule has 0 bridgehead atoms. The number of aliphatic imine (C=N–C) groups is 1. The van der Waals surface area contributed by atoms with Gasteiger partial charge in [0.15, 0.2) is 5.96 Å². The minimum absolute atomic E-state index is 0. The summed E-state index contributed by atoms with van der Waals surface area (Å²) in [4.78, 5) is 6.82. The number of benzene rings is 1. The maximum Gasteiger partial charge on any atom is 0.193 e. The summed E-state index contributed by atoms with van der Waals surface area (Å²) in [6.45, 7) is 2.90. The quantitative estimate of drug-likeness (QED) is 0.440. The Morgan fingerprint density at radius 2 is 1.92 bits per heavy atom. The van der Waals surface area contributed by atoms with Crippen molar-refractivity contribution in [2.45, 2.75) is 25.8 Å². The van der Waals surface area contributed by atoms with Gasteiger partial charge in [0, 0.05) is 33.4 Å². The number of rotatable bonds is 4. The molecule has 0 spiro atoms. The molecule has 1 aromatic carbocycles. The summed E-state index contributed by atoms with van der Waals surface area (Å²) in [6, 6.07) is 12.9. The molecule has 1 aromatic heterocycles. The largest absolute Gasteiger partial charge is 0.351 e. The molecule has 0 radical (unpaired) electrons. The van der Waals surface area contributed by atoms with E-state index >= 15 is 0 Å². The number of halogens is 1. The molecule has 6 heteroatoms. The van der Waals surface area contributed by atoms with Crippen molar-refractivity contribution >= 4 is 29.9 Å². The zero-order valence-electron chi connectivity index (χ0n) is 15.1. The van der Waals surface area contributed by atoms with Gasteiger partial charge in [-0.2, -0.15) is 5.10 Å². The lowest BCUT2D eigenvalue weighted by atomic mass is 9.90. The Kier molecular flexibility index (Phi) is 7.74. The van der Waals surface area contributed by atoms with Gasteiger partial charge in [0.25, 0.3) is 0 Å². The molecule has 5 nitrogen and oxygen atoms in total. The van der Waals surface area contributed by atoms with Crippen LogP contribution in [-0.4, -0.2) is 40.8 Å². The van der Waals surface area contributed by atoms with Crippen LogP contribution in [-0.2, 0) is 20.0 Å². The monoisotopic (exact) mass is 453 g/mol. The fraction of sp³-hybridized carbons (Fsp3) is 0.474. The smallest absolute Gasteiger partial charge is 0.193 e. The minimum atomic E-state index is 0. The van der Waals surface area contributed by atoms with Crippen LogP contribution in [0.5, 0.6) is 0 Å². The van der Waals surface area contributed by atoms with Crippen molar-refractivity contribution in [3.05, 3.63) is 53.9 Å². The molecule has 0 saturated carbocycles. The van der Waals surface area contributed by atoms with Gasteiger partial charge in [-0.15, -0.1) is 24.0 Å². The van der Waals surface area contributed by atoms with Gasteiger partial charge in [-0.1, -0.05) is 30.3 Å². The Labute approximate surface area is 167 Å². The first kappa shape index (κ1) is 19.8. The Morgan fingerprint density at radius 3 is 2.52 bits per heavy atom. The molecule has 0 amide bonds. The molecule has 1 N–H and O–H groups in total. The molecular weight excluding hydrogens is 425 g/mol. The van der Waals surface area contributed by atoms with Crippen molar-refractivity contribution in [3.8, 4) is 0 Å². The number of likely N-dealkylation sites (tertiary alicyclic amines) is 1. The molecule has 1 aliphatic heterocycles. The number of hydrogen-bond donors (Lipinski definition) is 1. The summed E-state index contributed by atoms with van der Waals surface area (Å²) in [5, 5.41) is 7.67. The van der Waals surface area contributed by atoms with E-state index < -0.39 is 0 Å². The van der Waals surface area contributed by atoms with Crippen LogP contribution >= 0.6 is 24.0 Å².